The minimum Gasteiger partial charge on any atom is -0.450 e. The second kappa shape index (κ2) is 8.81. The maximum absolute atomic E-state index is 12.2. The highest BCUT2D eigenvalue weighted by atomic mass is 16.5. The first-order valence-electron chi connectivity index (χ1n) is 8.06. The third-order valence-corrected chi connectivity index (χ3v) is 3.61. The number of aromatic nitrogens is 2. The molecule has 0 aliphatic rings. The van der Waals surface area contributed by atoms with E-state index < -0.39 is 6.09 Å². The summed E-state index contributed by atoms with van der Waals surface area (Å²) in [4.78, 5) is 27.7. The number of rotatable bonds is 7. The zero-order valence-corrected chi connectivity index (χ0v) is 14.6. The van der Waals surface area contributed by atoms with Crippen LogP contribution >= 0.6 is 0 Å². The zero-order valence-electron chi connectivity index (χ0n) is 14.6. The van der Waals surface area contributed by atoms with E-state index in [4.69, 9.17) is 9.26 Å². The predicted molar refractivity (Wildman–Crippen MR) is 90.1 cm³/mol. The van der Waals surface area contributed by atoms with Crippen molar-refractivity contribution in [2.45, 2.75) is 33.7 Å². The summed E-state index contributed by atoms with van der Waals surface area (Å²) < 4.78 is 9.88. The predicted octanol–water partition coefficient (Wildman–Crippen LogP) is 1.91. The fraction of sp³-hybridized carbons (Fsp3) is 0.412. The third-order valence-electron chi connectivity index (χ3n) is 3.61. The quantitative estimate of drug-likeness (QED) is 0.793. The number of carbonyl (C=O) groups excluding carboxylic acids is 2. The number of pyridine rings is 1. The highest BCUT2D eigenvalue weighted by Crippen LogP contribution is 2.12. The van der Waals surface area contributed by atoms with Gasteiger partial charge in [-0.25, -0.2) is 4.79 Å². The summed E-state index contributed by atoms with van der Waals surface area (Å²) >= 11 is 0. The molecule has 2 heterocycles. The van der Waals surface area contributed by atoms with Crippen LogP contribution in [-0.4, -0.2) is 35.3 Å². The fourth-order valence-electron chi connectivity index (χ4n) is 2.32. The molecular weight excluding hydrogens is 324 g/mol. The molecule has 0 unspecified atom stereocenters. The van der Waals surface area contributed by atoms with Gasteiger partial charge in [0.15, 0.2) is 0 Å². The lowest BCUT2D eigenvalue weighted by Crippen LogP contribution is -2.27. The molecule has 0 spiro atoms. The molecular formula is C17H22N4O4. The molecule has 0 aliphatic carbocycles. The van der Waals surface area contributed by atoms with Gasteiger partial charge in [-0.2, -0.15) is 0 Å². The van der Waals surface area contributed by atoms with Crippen molar-refractivity contribution in [2.75, 3.05) is 13.2 Å². The topological polar surface area (TPSA) is 106 Å². The van der Waals surface area contributed by atoms with Gasteiger partial charge in [0, 0.05) is 23.9 Å². The van der Waals surface area contributed by atoms with E-state index >= 15 is 0 Å². The van der Waals surface area contributed by atoms with Gasteiger partial charge in [0.25, 0.3) is 5.91 Å². The SMILES string of the molecule is CCOC(=O)NCc1cc(C(=O)NCCc2c(C)noc2C)ccn1. The average molecular weight is 346 g/mol. The molecule has 0 saturated heterocycles. The van der Waals surface area contributed by atoms with Crippen molar-refractivity contribution in [3.63, 3.8) is 0 Å². The second-order valence-electron chi connectivity index (χ2n) is 5.42. The van der Waals surface area contributed by atoms with Crippen LogP contribution in [0.3, 0.4) is 0 Å². The molecule has 0 aliphatic heterocycles. The van der Waals surface area contributed by atoms with Crippen LogP contribution in [0.2, 0.25) is 0 Å². The van der Waals surface area contributed by atoms with Crippen LogP contribution in [0.1, 0.15) is 40.0 Å². The number of alkyl carbamates (subject to hydrolysis) is 1. The van der Waals surface area contributed by atoms with E-state index in [1.54, 1.807) is 19.1 Å². The minimum atomic E-state index is -0.515. The van der Waals surface area contributed by atoms with Gasteiger partial charge in [-0.1, -0.05) is 5.16 Å². The summed E-state index contributed by atoms with van der Waals surface area (Å²) in [6, 6.07) is 3.26. The Morgan fingerprint density at radius 2 is 2.08 bits per heavy atom. The molecule has 2 N–H and O–H groups in total. The average Bonchev–Trinajstić information content (AvgIpc) is 2.92. The number of nitrogens with one attached hydrogen (secondary N) is 2. The molecule has 8 nitrogen and oxygen atoms in total. The Hall–Kier alpha value is -2.90. The Balaban J connectivity index is 1.87. The lowest BCUT2D eigenvalue weighted by atomic mass is 10.1. The van der Waals surface area contributed by atoms with Crippen LogP contribution < -0.4 is 10.6 Å². The van der Waals surface area contributed by atoms with Crippen molar-refractivity contribution in [2.24, 2.45) is 0 Å². The van der Waals surface area contributed by atoms with Crippen LogP contribution in [0.15, 0.2) is 22.9 Å². The molecule has 8 heteroatoms. The van der Waals surface area contributed by atoms with E-state index in [0.29, 0.717) is 30.8 Å². The molecule has 0 saturated carbocycles. The summed E-state index contributed by atoms with van der Waals surface area (Å²) in [6.45, 7) is 6.42. The molecule has 0 radical (unpaired) electrons. The first-order chi connectivity index (χ1) is 12.0. The molecule has 25 heavy (non-hydrogen) atoms. The number of carbonyl (C=O) groups is 2. The first-order valence-corrected chi connectivity index (χ1v) is 8.06. The molecule has 0 atom stereocenters. The number of hydrogen-bond donors (Lipinski definition) is 2. The molecule has 134 valence electrons. The number of aryl methyl sites for hydroxylation is 2. The van der Waals surface area contributed by atoms with Crippen molar-refractivity contribution < 1.29 is 18.8 Å². The van der Waals surface area contributed by atoms with Crippen molar-refractivity contribution in [3.05, 3.63) is 46.6 Å². The Kier molecular flexibility index (Phi) is 6.50. The largest absolute Gasteiger partial charge is 0.450 e. The smallest absolute Gasteiger partial charge is 0.407 e. The Bertz CT molecular complexity index is 722. The van der Waals surface area contributed by atoms with E-state index in [9.17, 15) is 9.59 Å². The first kappa shape index (κ1) is 18.4. The zero-order chi connectivity index (χ0) is 18.2. The normalized spacial score (nSPS) is 10.4. The minimum absolute atomic E-state index is 0.193. The van der Waals surface area contributed by atoms with Crippen LogP contribution in [-0.2, 0) is 17.7 Å². The Morgan fingerprint density at radius 3 is 2.76 bits per heavy atom. The summed E-state index contributed by atoms with van der Waals surface area (Å²) in [7, 11) is 0. The van der Waals surface area contributed by atoms with Crippen LogP contribution in [0.4, 0.5) is 4.79 Å². The van der Waals surface area contributed by atoms with Gasteiger partial charge in [0.1, 0.15) is 5.76 Å². The second-order valence-corrected chi connectivity index (χ2v) is 5.42. The van der Waals surface area contributed by atoms with Crippen molar-refractivity contribution in [1.29, 1.82) is 0 Å². The van der Waals surface area contributed by atoms with Gasteiger partial charge >= 0.3 is 6.09 Å². The number of nitrogens with zero attached hydrogens (tertiary/aromatic N) is 2. The van der Waals surface area contributed by atoms with Crippen molar-refractivity contribution in [1.82, 2.24) is 20.8 Å². The van der Waals surface area contributed by atoms with Gasteiger partial charge in [0.05, 0.1) is 24.5 Å². The van der Waals surface area contributed by atoms with Crippen LogP contribution in [0, 0.1) is 13.8 Å². The van der Waals surface area contributed by atoms with Gasteiger partial charge in [0.2, 0.25) is 0 Å². The summed E-state index contributed by atoms with van der Waals surface area (Å²) in [5.41, 5.74) is 2.90. The van der Waals surface area contributed by atoms with E-state index in [2.05, 4.69) is 20.8 Å². The Labute approximate surface area is 145 Å². The number of hydrogen-bond acceptors (Lipinski definition) is 6. The molecule has 0 bridgehead atoms. The van der Waals surface area contributed by atoms with Gasteiger partial charge in [-0.3, -0.25) is 9.78 Å². The van der Waals surface area contributed by atoms with Gasteiger partial charge in [-0.05, 0) is 39.3 Å². The van der Waals surface area contributed by atoms with Crippen LogP contribution in [0.25, 0.3) is 0 Å². The lowest BCUT2D eigenvalue weighted by molar-refractivity contribution is 0.0953. The van der Waals surface area contributed by atoms with Gasteiger partial charge < -0.3 is 19.9 Å². The van der Waals surface area contributed by atoms with E-state index in [-0.39, 0.29) is 12.5 Å². The molecule has 2 rings (SSSR count). The fourth-order valence-corrected chi connectivity index (χ4v) is 2.32. The van der Waals surface area contributed by atoms with Gasteiger partial charge in [-0.15, -0.1) is 0 Å². The molecule has 2 amide bonds. The van der Waals surface area contributed by atoms with Crippen LogP contribution in [0.5, 0.6) is 0 Å². The maximum atomic E-state index is 12.2. The molecule has 0 fully saturated rings. The van der Waals surface area contributed by atoms with Crippen molar-refractivity contribution in [3.8, 4) is 0 Å². The van der Waals surface area contributed by atoms with E-state index in [0.717, 1.165) is 17.0 Å². The highest BCUT2D eigenvalue weighted by molar-refractivity contribution is 5.94. The standard InChI is InChI=1S/C17H22N4O4/c1-4-24-17(23)20-10-14-9-13(5-7-18-14)16(22)19-8-6-15-11(2)21-25-12(15)3/h5,7,9H,4,6,8,10H2,1-3H3,(H,19,22)(H,20,23). The monoisotopic (exact) mass is 346 g/mol. The molecule has 0 aromatic carbocycles. The number of ether oxygens (including phenoxy) is 1. The van der Waals surface area contributed by atoms with Crippen molar-refractivity contribution >= 4 is 12.0 Å². The van der Waals surface area contributed by atoms with E-state index in [1.807, 2.05) is 13.8 Å². The third kappa shape index (κ3) is 5.30. The van der Waals surface area contributed by atoms with E-state index in [1.165, 1.54) is 6.20 Å². The maximum Gasteiger partial charge on any atom is 0.407 e. The molecule has 2 aromatic heterocycles. The Morgan fingerprint density at radius 1 is 1.28 bits per heavy atom. The number of amides is 2. The summed E-state index contributed by atoms with van der Waals surface area (Å²) in [6.07, 6.45) is 1.67. The molecule has 2 aromatic rings. The summed E-state index contributed by atoms with van der Waals surface area (Å²) in [5.74, 6) is 0.564. The summed E-state index contributed by atoms with van der Waals surface area (Å²) in [5, 5.41) is 9.31. The highest BCUT2D eigenvalue weighted by Gasteiger charge is 2.11. The lowest BCUT2D eigenvalue weighted by Gasteiger charge is -2.08.